The molecular formula is C19H25N5O2. The van der Waals surface area contributed by atoms with Crippen LogP contribution in [0.25, 0.3) is 0 Å². The zero-order valence-corrected chi connectivity index (χ0v) is 15.1. The number of carbonyl (C=O) groups is 1. The van der Waals surface area contributed by atoms with Crippen LogP contribution in [0.1, 0.15) is 41.5 Å². The van der Waals surface area contributed by atoms with Crippen LogP contribution in [0, 0.1) is 0 Å². The van der Waals surface area contributed by atoms with Crippen LogP contribution in [-0.2, 0) is 31.4 Å². The van der Waals surface area contributed by atoms with Gasteiger partial charge in [0.25, 0.3) is 0 Å². The first-order valence-corrected chi connectivity index (χ1v) is 9.21. The SMILES string of the molecule is Cn1c(CO)nnc1C1CC(NC(=O)CN2CCc3ccccc3C2)C1. The van der Waals surface area contributed by atoms with Crippen LogP contribution in [0.3, 0.4) is 0 Å². The number of nitrogens with zero attached hydrogens (tertiary/aromatic N) is 4. The number of aromatic nitrogens is 3. The highest BCUT2D eigenvalue weighted by Crippen LogP contribution is 2.35. The normalized spacial score (nSPS) is 22.5. The van der Waals surface area contributed by atoms with Crippen molar-refractivity contribution in [3.05, 3.63) is 47.0 Å². The lowest BCUT2D eigenvalue weighted by atomic mass is 9.79. The van der Waals surface area contributed by atoms with Crippen LogP contribution in [0.4, 0.5) is 0 Å². The predicted molar refractivity (Wildman–Crippen MR) is 96.3 cm³/mol. The Kier molecular flexibility index (Phi) is 4.74. The highest BCUT2D eigenvalue weighted by atomic mass is 16.3. The maximum absolute atomic E-state index is 12.4. The molecule has 0 radical (unpaired) electrons. The molecular weight excluding hydrogens is 330 g/mol. The van der Waals surface area contributed by atoms with E-state index in [2.05, 4.69) is 44.7 Å². The zero-order valence-electron chi connectivity index (χ0n) is 15.1. The third-order valence-electron chi connectivity index (χ3n) is 5.59. The summed E-state index contributed by atoms with van der Waals surface area (Å²) in [5, 5.41) is 20.5. The Morgan fingerprint density at radius 3 is 2.77 bits per heavy atom. The Hall–Kier alpha value is -2.25. The van der Waals surface area contributed by atoms with E-state index in [4.69, 9.17) is 0 Å². The molecule has 0 unspecified atom stereocenters. The minimum Gasteiger partial charge on any atom is -0.388 e. The van der Waals surface area contributed by atoms with Crippen molar-refractivity contribution in [1.29, 1.82) is 0 Å². The molecule has 2 aromatic rings. The van der Waals surface area contributed by atoms with Gasteiger partial charge in [0.05, 0.1) is 6.54 Å². The van der Waals surface area contributed by atoms with E-state index in [0.717, 1.165) is 38.2 Å². The van der Waals surface area contributed by atoms with Gasteiger partial charge in [-0.15, -0.1) is 10.2 Å². The van der Waals surface area contributed by atoms with Gasteiger partial charge in [0, 0.05) is 32.1 Å². The highest BCUT2D eigenvalue weighted by molar-refractivity contribution is 5.78. The standard InChI is InChI=1S/C19H25N5O2/c1-23-17(12-25)21-22-19(23)15-8-16(9-15)20-18(26)11-24-7-6-13-4-2-3-5-14(13)10-24/h2-5,15-16,25H,6-12H2,1H3,(H,20,26). The summed E-state index contributed by atoms with van der Waals surface area (Å²) >= 11 is 0. The van der Waals surface area contributed by atoms with E-state index in [9.17, 15) is 9.90 Å². The van der Waals surface area contributed by atoms with Crippen LogP contribution in [0.2, 0.25) is 0 Å². The molecule has 7 heteroatoms. The number of hydrogen-bond donors (Lipinski definition) is 2. The van der Waals surface area contributed by atoms with Gasteiger partial charge in [-0.25, -0.2) is 0 Å². The molecule has 1 aliphatic carbocycles. The van der Waals surface area contributed by atoms with Gasteiger partial charge in [0.15, 0.2) is 5.82 Å². The van der Waals surface area contributed by atoms with Crippen molar-refractivity contribution < 1.29 is 9.90 Å². The average molecular weight is 355 g/mol. The van der Waals surface area contributed by atoms with Crippen molar-refractivity contribution in [2.24, 2.45) is 7.05 Å². The van der Waals surface area contributed by atoms with E-state index in [1.54, 1.807) is 0 Å². The molecule has 26 heavy (non-hydrogen) atoms. The maximum Gasteiger partial charge on any atom is 0.234 e. The lowest BCUT2D eigenvalue weighted by molar-refractivity contribution is -0.123. The second-order valence-corrected chi connectivity index (χ2v) is 7.35. The van der Waals surface area contributed by atoms with Crippen molar-refractivity contribution in [3.63, 3.8) is 0 Å². The van der Waals surface area contributed by atoms with E-state index < -0.39 is 0 Å². The third-order valence-corrected chi connectivity index (χ3v) is 5.59. The van der Waals surface area contributed by atoms with Gasteiger partial charge in [-0.2, -0.15) is 0 Å². The summed E-state index contributed by atoms with van der Waals surface area (Å²) in [5.74, 6) is 1.88. The van der Waals surface area contributed by atoms with E-state index >= 15 is 0 Å². The van der Waals surface area contributed by atoms with Gasteiger partial charge in [0.1, 0.15) is 12.4 Å². The quantitative estimate of drug-likeness (QED) is 0.826. The third kappa shape index (κ3) is 3.37. The Balaban J connectivity index is 1.25. The number of aliphatic hydroxyl groups is 1. The topological polar surface area (TPSA) is 83.3 Å². The summed E-state index contributed by atoms with van der Waals surface area (Å²) in [7, 11) is 1.88. The van der Waals surface area contributed by atoms with Crippen molar-refractivity contribution in [3.8, 4) is 0 Å². The van der Waals surface area contributed by atoms with Gasteiger partial charge in [-0.05, 0) is 30.4 Å². The molecule has 138 valence electrons. The van der Waals surface area contributed by atoms with Gasteiger partial charge in [0.2, 0.25) is 5.91 Å². The second kappa shape index (κ2) is 7.17. The Labute approximate surface area is 153 Å². The second-order valence-electron chi connectivity index (χ2n) is 7.35. The maximum atomic E-state index is 12.4. The van der Waals surface area contributed by atoms with Crippen LogP contribution < -0.4 is 5.32 Å². The molecule has 2 N–H and O–H groups in total. The molecule has 4 rings (SSSR count). The molecule has 2 aliphatic rings. The summed E-state index contributed by atoms with van der Waals surface area (Å²) in [6.45, 7) is 2.13. The summed E-state index contributed by atoms with van der Waals surface area (Å²) < 4.78 is 1.86. The first kappa shape index (κ1) is 17.2. The minimum absolute atomic E-state index is 0.0989. The molecule has 1 aromatic heterocycles. The Morgan fingerprint density at radius 1 is 1.27 bits per heavy atom. The molecule has 0 saturated heterocycles. The fraction of sp³-hybridized carbons (Fsp3) is 0.526. The molecule has 0 spiro atoms. The lowest BCUT2D eigenvalue weighted by Crippen LogP contribution is -2.48. The molecule has 2 heterocycles. The van der Waals surface area contributed by atoms with Crippen LogP contribution in [0.5, 0.6) is 0 Å². The summed E-state index contributed by atoms with van der Waals surface area (Å²) in [4.78, 5) is 14.6. The van der Waals surface area contributed by atoms with Crippen LogP contribution in [0.15, 0.2) is 24.3 Å². The van der Waals surface area contributed by atoms with E-state index in [1.807, 2.05) is 11.6 Å². The van der Waals surface area contributed by atoms with Crippen LogP contribution in [-0.4, -0.2) is 49.8 Å². The Morgan fingerprint density at radius 2 is 2.04 bits per heavy atom. The molecule has 7 nitrogen and oxygen atoms in total. The lowest BCUT2D eigenvalue weighted by Gasteiger charge is -2.36. The molecule has 1 aliphatic heterocycles. The predicted octanol–water partition coefficient (Wildman–Crippen LogP) is 0.728. The number of rotatable bonds is 5. The Bertz CT molecular complexity index is 797. The van der Waals surface area contributed by atoms with Gasteiger partial charge in [-0.1, -0.05) is 24.3 Å². The number of hydrogen-bond acceptors (Lipinski definition) is 5. The largest absolute Gasteiger partial charge is 0.388 e. The van der Waals surface area contributed by atoms with Crippen molar-refractivity contribution >= 4 is 5.91 Å². The number of nitrogens with one attached hydrogen (secondary N) is 1. The molecule has 1 aromatic carbocycles. The van der Waals surface area contributed by atoms with E-state index in [-0.39, 0.29) is 18.6 Å². The highest BCUT2D eigenvalue weighted by Gasteiger charge is 2.35. The zero-order chi connectivity index (χ0) is 18.1. The van der Waals surface area contributed by atoms with Gasteiger partial charge < -0.3 is 15.0 Å². The number of benzene rings is 1. The fourth-order valence-corrected chi connectivity index (χ4v) is 3.98. The van der Waals surface area contributed by atoms with Crippen molar-refractivity contribution in [1.82, 2.24) is 25.0 Å². The first-order valence-electron chi connectivity index (χ1n) is 9.21. The summed E-state index contributed by atoms with van der Waals surface area (Å²) in [6.07, 6.45) is 2.77. The molecule has 0 atom stereocenters. The first-order chi connectivity index (χ1) is 12.6. The summed E-state index contributed by atoms with van der Waals surface area (Å²) in [6, 6.07) is 8.67. The average Bonchev–Trinajstić information content (AvgIpc) is 2.98. The fourth-order valence-electron chi connectivity index (χ4n) is 3.98. The van der Waals surface area contributed by atoms with E-state index in [0.29, 0.717) is 18.3 Å². The number of carbonyl (C=O) groups excluding carboxylic acids is 1. The number of aliphatic hydroxyl groups excluding tert-OH is 1. The molecule has 1 amide bonds. The van der Waals surface area contributed by atoms with Crippen molar-refractivity contribution in [2.45, 2.75) is 44.4 Å². The van der Waals surface area contributed by atoms with E-state index in [1.165, 1.54) is 11.1 Å². The number of amides is 1. The van der Waals surface area contributed by atoms with Gasteiger partial charge >= 0.3 is 0 Å². The molecule has 0 bridgehead atoms. The minimum atomic E-state index is -0.102. The van der Waals surface area contributed by atoms with Crippen molar-refractivity contribution in [2.75, 3.05) is 13.1 Å². The van der Waals surface area contributed by atoms with Crippen LogP contribution >= 0.6 is 0 Å². The summed E-state index contributed by atoms with van der Waals surface area (Å²) in [5.41, 5.74) is 2.73. The molecule has 1 saturated carbocycles. The van der Waals surface area contributed by atoms with Gasteiger partial charge in [-0.3, -0.25) is 9.69 Å². The number of fused-ring (bicyclic) bond motifs is 1. The smallest absolute Gasteiger partial charge is 0.234 e. The molecule has 1 fully saturated rings. The monoisotopic (exact) mass is 355 g/mol.